The summed E-state index contributed by atoms with van der Waals surface area (Å²) in [5.41, 5.74) is 0. The molecule has 0 bridgehead atoms. The molecule has 16 heteroatoms. The Morgan fingerprint density at radius 2 is 1.03 bits per heavy atom. The van der Waals surface area contributed by atoms with E-state index in [4.69, 9.17) is 23.8 Å². The molecule has 4 atom stereocenters. The Bertz CT molecular complexity index is 1350. The van der Waals surface area contributed by atoms with Crippen LogP contribution < -0.4 is 0 Å². The van der Waals surface area contributed by atoms with Crippen LogP contribution in [-0.2, 0) is 41.8 Å². The summed E-state index contributed by atoms with van der Waals surface area (Å²) in [4.78, 5) is 52.6. The second-order valence-corrected chi connectivity index (χ2v) is 17.3. The molecule has 0 aliphatic heterocycles. The van der Waals surface area contributed by atoms with Crippen molar-refractivity contribution in [2.24, 2.45) is 0 Å². The van der Waals surface area contributed by atoms with Crippen molar-refractivity contribution in [2.75, 3.05) is 26.4 Å². The predicted octanol–water partition coefficient (Wildman–Crippen LogP) is 9.98. The molecule has 0 aliphatic carbocycles. The van der Waals surface area contributed by atoms with Crippen LogP contribution in [0.2, 0.25) is 0 Å². The molecule has 14 nitrogen and oxygen atoms in total. The number of phosphoric acid groups is 2. The molecule has 0 aromatic rings. The number of carbonyl (C=O) groups is 2. The first-order valence-electron chi connectivity index (χ1n) is 21.7. The fraction of sp³-hybridized carbons (Fsp3) is 0.682. The molecule has 0 radical (unpaired) electrons. The maximum atomic E-state index is 12.6. The number of carbonyl (C=O) groups excluding carboxylic acids is 2. The summed E-state index contributed by atoms with van der Waals surface area (Å²) >= 11 is 0. The Hall–Kier alpha value is -2.48. The zero-order chi connectivity index (χ0) is 44.6. The monoisotopic (exact) mass is 890 g/mol. The van der Waals surface area contributed by atoms with Crippen molar-refractivity contribution in [3.63, 3.8) is 0 Å². The maximum absolute atomic E-state index is 12.6. The van der Waals surface area contributed by atoms with E-state index >= 15 is 0 Å². The van der Waals surface area contributed by atoms with Gasteiger partial charge in [-0.05, 0) is 90.4 Å². The van der Waals surface area contributed by atoms with Gasteiger partial charge in [0, 0.05) is 12.8 Å². The minimum Gasteiger partial charge on any atom is -0.462 e. The average molecular weight is 891 g/mol. The van der Waals surface area contributed by atoms with Gasteiger partial charge in [0.05, 0.1) is 25.9 Å². The van der Waals surface area contributed by atoms with Gasteiger partial charge in [-0.1, -0.05) is 118 Å². The average Bonchev–Trinajstić information content (AvgIpc) is 3.19. The minimum absolute atomic E-state index is 0.0368. The topological polar surface area (TPSA) is 216 Å². The number of aliphatic hydroxyl groups is 2. The lowest BCUT2D eigenvalue weighted by Crippen LogP contribution is -2.29. The van der Waals surface area contributed by atoms with Crippen LogP contribution >= 0.6 is 15.6 Å². The summed E-state index contributed by atoms with van der Waals surface area (Å²) in [6.45, 7) is 1.19. The van der Waals surface area contributed by atoms with Crippen molar-refractivity contribution in [1.29, 1.82) is 0 Å². The SMILES string of the molecule is CCCCCC/C=C\C=C/CCCCCCCC(=O)OC[C@H](COP(=O)(O)OC[C@@H](O)COP(=O)(O)O)OC(=O)CCC/C=C\C/C=C\C/C=C\C/C=C\CCC[C@H](C)O. The molecule has 1 unspecified atom stereocenters. The van der Waals surface area contributed by atoms with E-state index in [1.807, 2.05) is 12.2 Å². The Morgan fingerprint density at radius 3 is 1.62 bits per heavy atom. The normalized spacial score (nSPS) is 15.2. The first-order valence-corrected chi connectivity index (χ1v) is 24.7. The Kier molecular flexibility index (Phi) is 37.7. The van der Waals surface area contributed by atoms with E-state index in [1.165, 1.54) is 25.7 Å². The standard InChI is InChI=1S/C44H76O14P2/c1-3-4-5-6-7-8-9-10-12-16-19-22-25-28-31-34-43(47)54-38-42(39-57-60(52,53)56-37-41(46)36-55-59(49,50)51)58-44(48)35-32-29-26-23-20-17-14-11-13-15-18-21-24-27-30-33-40(2)45/h8-10,12-15,17,21,23-24,26,40-42,45-46H,3-7,11,16,18-20,22,25,27-39H2,1-2H3,(H,52,53)(H2,49,50,51)/b9-8-,12-10-,15-13-,17-14-,24-21-,26-23-/t40-,41-,42+/m0/s1. The van der Waals surface area contributed by atoms with E-state index in [0.29, 0.717) is 19.3 Å². The quantitative estimate of drug-likeness (QED) is 0.0127. The van der Waals surface area contributed by atoms with Gasteiger partial charge in [0.2, 0.25) is 0 Å². The molecule has 0 rings (SSSR count). The predicted molar refractivity (Wildman–Crippen MR) is 236 cm³/mol. The third-order valence-electron chi connectivity index (χ3n) is 8.60. The van der Waals surface area contributed by atoms with E-state index in [-0.39, 0.29) is 18.9 Å². The highest BCUT2D eigenvalue weighted by molar-refractivity contribution is 7.47. The van der Waals surface area contributed by atoms with Crippen LogP contribution in [0.15, 0.2) is 72.9 Å². The molecule has 0 spiro atoms. The van der Waals surface area contributed by atoms with Gasteiger partial charge < -0.3 is 34.4 Å². The van der Waals surface area contributed by atoms with Gasteiger partial charge in [-0.2, -0.15) is 0 Å². The van der Waals surface area contributed by atoms with E-state index < -0.39 is 66.2 Å². The van der Waals surface area contributed by atoms with Gasteiger partial charge in [0.15, 0.2) is 6.10 Å². The van der Waals surface area contributed by atoms with Crippen molar-refractivity contribution in [3.05, 3.63) is 72.9 Å². The van der Waals surface area contributed by atoms with Gasteiger partial charge >= 0.3 is 27.6 Å². The molecule has 5 N–H and O–H groups in total. The Morgan fingerprint density at radius 1 is 0.550 bits per heavy atom. The van der Waals surface area contributed by atoms with Crippen LogP contribution in [-0.4, -0.2) is 81.6 Å². The molecule has 0 aliphatic rings. The summed E-state index contributed by atoms with van der Waals surface area (Å²) in [5.74, 6) is -1.14. The first kappa shape index (κ1) is 57.5. The van der Waals surface area contributed by atoms with Crippen LogP contribution in [0.5, 0.6) is 0 Å². The van der Waals surface area contributed by atoms with Crippen molar-refractivity contribution < 1.29 is 66.7 Å². The summed E-state index contributed by atoms with van der Waals surface area (Å²) in [6.07, 6.45) is 40.3. The molecule has 0 fully saturated rings. The second kappa shape index (κ2) is 39.4. The second-order valence-electron chi connectivity index (χ2n) is 14.6. The summed E-state index contributed by atoms with van der Waals surface area (Å²) in [5, 5.41) is 19.0. The Labute approximate surface area is 359 Å². The van der Waals surface area contributed by atoms with E-state index in [9.17, 15) is 33.8 Å². The zero-order valence-corrected chi connectivity index (χ0v) is 37.9. The molecule has 0 amide bonds. The number of rotatable bonds is 40. The third kappa shape index (κ3) is 43.6. The largest absolute Gasteiger partial charge is 0.472 e. The number of phosphoric ester groups is 2. The number of hydrogen-bond acceptors (Lipinski definition) is 11. The molecular formula is C44H76O14P2. The molecule has 0 aromatic carbocycles. The molecule has 0 heterocycles. The third-order valence-corrected chi connectivity index (χ3v) is 10.0. The minimum atomic E-state index is -4.88. The van der Waals surface area contributed by atoms with Crippen LogP contribution in [0.4, 0.5) is 0 Å². The Balaban J connectivity index is 4.66. The first-order chi connectivity index (χ1) is 28.7. The molecular weight excluding hydrogens is 814 g/mol. The lowest BCUT2D eigenvalue weighted by atomic mass is 10.1. The van der Waals surface area contributed by atoms with Crippen molar-refractivity contribution in [3.8, 4) is 0 Å². The van der Waals surface area contributed by atoms with Gasteiger partial charge in [-0.25, -0.2) is 9.13 Å². The van der Waals surface area contributed by atoms with Gasteiger partial charge in [-0.3, -0.25) is 23.2 Å². The van der Waals surface area contributed by atoms with Crippen molar-refractivity contribution in [1.82, 2.24) is 0 Å². The van der Waals surface area contributed by atoms with Crippen molar-refractivity contribution >= 4 is 27.6 Å². The highest BCUT2D eigenvalue weighted by Crippen LogP contribution is 2.43. The highest BCUT2D eigenvalue weighted by atomic mass is 31.2. The van der Waals surface area contributed by atoms with Crippen molar-refractivity contribution in [2.45, 2.75) is 167 Å². The molecule has 60 heavy (non-hydrogen) atoms. The fourth-order valence-corrected chi connectivity index (χ4v) is 6.45. The summed E-state index contributed by atoms with van der Waals surface area (Å²) in [6, 6.07) is 0. The lowest BCUT2D eigenvalue weighted by molar-refractivity contribution is -0.161. The number of unbranched alkanes of at least 4 members (excludes halogenated alkanes) is 11. The summed E-state index contributed by atoms with van der Waals surface area (Å²) < 4.78 is 47.7. The number of esters is 2. The van der Waals surface area contributed by atoms with E-state index in [0.717, 1.165) is 77.0 Å². The molecule has 0 saturated carbocycles. The number of allylic oxidation sites excluding steroid dienone is 12. The van der Waals surface area contributed by atoms with Crippen LogP contribution in [0.3, 0.4) is 0 Å². The zero-order valence-electron chi connectivity index (χ0n) is 36.1. The smallest absolute Gasteiger partial charge is 0.462 e. The van der Waals surface area contributed by atoms with E-state index in [2.05, 4.69) is 76.7 Å². The highest BCUT2D eigenvalue weighted by Gasteiger charge is 2.28. The van der Waals surface area contributed by atoms with Gasteiger partial charge in [-0.15, -0.1) is 0 Å². The van der Waals surface area contributed by atoms with Crippen LogP contribution in [0.1, 0.15) is 149 Å². The van der Waals surface area contributed by atoms with E-state index in [1.54, 1.807) is 6.92 Å². The number of hydrogen-bond donors (Lipinski definition) is 5. The van der Waals surface area contributed by atoms with Crippen LogP contribution in [0, 0.1) is 0 Å². The van der Waals surface area contributed by atoms with Crippen LogP contribution in [0.25, 0.3) is 0 Å². The summed E-state index contributed by atoms with van der Waals surface area (Å²) in [7, 11) is -9.71. The maximum Gasteiger partial charge on any atom is 0.472 e. The van der Waals surface area contributed by atoms with Gasteiger partial charge in [0.25, 0.3) is 0 Å². The fourth-order valence-electron chi connectivity index (χ4n) is 5.29. The molecule has 346 valence electrons. The number of aliphatic hydroxyl groups excluding tert-OH is 2. The lowest BCUT2D eigenvalue weighted by Gasteiger charge is -2.20. The molecule has 0 saturated heterocycles. The van der Waals surface area contributed by atoms with Gasteiger partial charge in [0.1, 0.15) is 12.7 Å². The molecule has 0 aromatic heterocycles. The number of ether oxygens (including phenoxy) is 2.